The van der Waals surface area contributed by atoms with E-state index in [0.29, 0.717) is 13.1 Å². The third-order valence-corrected chi connectivity index (χ3v) is 6.23. The van der Waals surface area contributed by atoms with Crippen LogP contribution in [0.15, 0.2) is 71.7 Å². The van der Waals surface area contributed by atoms with Crippen LogP contribution in [0, 0.1) is 13.8 Å². The molecule has 1 fully saturated rings. The highest BCUT2D eigenvalue weighted by Crippen LogP contribution is 2.34. The van der Waals surface area contributed by atoms with E-state index < -0.39 is 11.5 Å². The van der Waals surface area contributed by atoms with Gasteiger partial charge in [-0.05, 0) is 55.5 Å². The fourth-order valence-corrected chi connectivity index (χ4v) is 4.45. The molecule has 1 saturated heterocycles. The van der Waals surface area contributed by atoms with E-state index in [4.69, 9.17) is 0 Å². The topological polar surface area (TPSA) is 71.4 Å². The van der Waals surface area contributed by atoms with Gasteiger partial charge < -0.3 is 14.8 Å². The second-order valence-corrected chi connectivity index (χ2v) is 8.63. The standard InChI is InChI=1S/C27H29N3O3/c1-19-12-13-20(2)23(16-19)24-11-7-15-30(24)25(31)18-29-14-6-10-22(27(29)33)26(32)28-17-21-8-4-3-5-9-21/h3-6,8-10,12-14,16,24H,7,11,15,17-18H2,1-2H3,(H,28,32)/t24-/m1/s1. The highest BCUT2D eigenvalue weighted by Gasteiger charge is 2.31. The molecule has 0 aliphatic carbocycles. The zero-order valence-electron chi connectivity index (χ0n) is 19.1. The van der Waals surface area contributed by atoms with Gasteiger partial charge in [-0.1, -0.05) is 54.1 Å². The molecule has 33 heavy (non-hydrogen) atoms. The predicted octanol–water partition coefficient (Wildman–Crippen LogP) is 3.76. The monoisotopic (exact) mass is 443 g/mol. The number of aromatic nitrogens is 1. The van der Waals surface area contributed by atoms with E-state index in [9.17, 15) is 14.4 Å². The van der Waals surface area contributed by atoms with E-state index in [2.05, 4.69) is 37.4 Å². The molecule has 1 aliphatic rings. The molecule has 0 radical (unpaired) electrons. The van der Waals surface area contributed by atoms with Crippen LogP contribution in [0.3, 0.4) is 0 Å². The van der Waals surface area contributed by atoms with Gasteiger partial charge in [0.1, 0.15) is 12.1 Å². The van der Waals surface area contributed by atoms with Crippen LogP contribution in [0.1, 0.15) is 51.5 Å². The van der Waals surface area contributed by atoms with Crippen molar-refractivity contribution < 1.29 is 9.59 Å². The molecule has 0 spiro atoms. The van der Waals surface area contributed by atoms with Crippen molar-refractivity contribution >= 4 is 11.8 Å². The second kappa shape index (κ2) is 9.86. The Kier molecular flexibility index (Phi) is 6.73. The van der Waals surface area contributed by atoms with Crippen molar-refractivity contribution in [3.8, 4) is 0 Å². The quantitative estimate of drug-likeness (QED) is 0.631. The molecule has 1 aliphatic heterocycles. The van der Waals surface area contributed by atoms with Crippen molar-refractivity contribution in [2.75, 3.05) is 6.54 Å². The molecule has 4 rings (SSSR count). The fraction of sp³-hybridized carbons (Fsp3) is 0.296. The van der Waals surface area contributed by atoms with Crippen molar-refractivity contribution in [2.24, 2.45) is 0 Å². The van der Waals surface area contributed by atoms with E-state index in [1.165, 1.54) is 27.3 Å². The Morgan fingerprint density at radius 1 is 1.03 bits per heavy atom. The van der Waals surface area contributed by atoms with Gasteiger partial charge in [-0.2, -0.15) is 0 Å². The number of amides is 2. The third-order valence-electron chi connectivity index (χ3n) is 6.23. The number of rotatable bonds is 6. The van der Waals surface area contributed by atoms with Crippen LogP contribution >= 0.6 is 0 Å². The molecule has 2 aromatic carbocycles. The normalized spacial score (nSPS) is 15.5. The van der Waals surface area contributed by atoms with Crippen molar-refractivity contribution in [2.45, 2.75) is 45.8 Å². The minimum Gasteiger partial charge on any atom is -0.348 e. The number of pyridine rings is 1. The molecule has 2 heterocycles. The minimum atomic E-state index is -0.459. The summed E-state index contributed by atoms with van der Waals surface area (Å²) >= 11 is 0. The number of hydrogen-bond donors (Lipinski definition) is 1. The van der Waals surface area contributed by atoms with E-state index in [1.807, 2.05) is 35.2 Å². The Morgan fingerprint density at radius 2 is 1.82 bits per heavy atom. The number of carbonyl (C=O) groups excluding carboxylic acids is 2. The Hall–Kier alpha value is -3.67. The summed E-state index contributed by atoms with van der Waals surface area (Å²) in [6.07, 6.45) is 3.41. The lowest BCUT2D eigenvalue weighted by Crippen LogP contribution is -2.38. The molecular weight excluding hydrogens is 414 g/mol. The van der Waals surface area contributed by atoms with Gasteiger partial charge in [0, 0.05) is 19.3 Å². The lowest BCUT2D eigenvalue weighted by Gasteiger charge is -2.27. The summed E-state index contributed by atoms with van der Waals surface area (Å²) < 4.78 is 1.33. The van der Waals surface area contributed by atoms with Crippen molar-refractivity contribution in [3.05, 3.63) is 105 Å². The van der Waals surface area contributed by atoms with E-state index >= 15 is 0 Å². The highest BCUT2D eigenvalue weighted by molar-refractivity contribution is 5.93. The Balaban J connectivity index is 1.48. The summed E-state index contributed by atoms with van der Waals surface area (Å²) in [5.41, 5.74) is 4.03. The fourth-order valence-electron chi connectivity index (χ4n) is 4.45. The molecule has 170 valence electrons. The van der Waals surface area contributed by atoms with Gasteiger partial charge in [0.15, 0.2) is 0 Å². The first-order chi connectivity index (χ1) is 15.9. The second-order valence-electron chi connectivity index (χ2n) is 8.63. The zero-order chi connectivity index (χ0) is 23.4. The summed E-state index contributed by atoms with van der Waals surface area (Å²) in [5, 5.41) is 2.78. The molecule has 1 aromatic heterocycles. The first-order valence-corrected chi connectivity index (χ1v) is 11.3. The maximum absolute atomic E-state index is 13.2. The molecule has 6 heteroatoms. The third kappa shape index (κ3) is 5.06. The van der Waals surface area contributed by atoms with Gasteiger partial charge in [0.25, 0.3) is 11.5 Å². The van der Waals surface area contributed by atoms with Gasteiger partial charge in [-0.15, -0.1) is 0 Å². The molecule has 0 bridgehead atoms. The average molecular weight is 444 g/mol. The molecule has 0 saturated carbocycles. The smallest absolute Gasteiger partial charge is 0.263 e. The largest absolute Gasteiger partial charge is 0.348 e. The summed E-state index contributed by atoms with van der Waals surface area (Å²) in [6.45, 7) is 5.04. The van der Waals surface area contributed by atoms with E-state index in [-0.39, 0.29) is 24.1 Å². The van der Waals surface area contributed by atoms with E-state index in [0.717, 1.165) is 18.4 Å². The molecule has 2 amide bonds. The Labute approximate surface area is 193 Å². The molecule has 0 unspecified atom stereocenters. The van der Waals surface area contributed by atoms with Gasteiger partial charge >= 0.3 is 0 Å². The number of hydrogen-bond acceptors (Lipinski definition) is 3. The minimum absolute atomic E-state index is 0.0189. The number of nitrogens with one attached hydrogen (secondary N) is 1. The van der Waals surface area contributed by atoms with Crippen molar-refractivity contribution in [3.63, 3.8) is 0 Å². The Bertz CT molecular complexity index is 1220. The number of carbonyl (C=O) groups is 2. The van der Waals surface area contributed by atoms with Crippen LogP contribution < -0.4 is 10.9 Å². The number of benzene rings is 2. The van der Waals surface area contributed by atoms with E-state index in [1.54, 1.807) is 12.3 Å². The summed E-state index contributed by atoms with van der Waals surface area (Å²) in [7, 11) is 0. The van der Waals surface area contributed by atoms with Gasteiger partial charge in [0.2, 0.25) is 5.91 Å². The molecule has 3 aromatic rings. The van der Waals surface area contributed by atoms with Gasteiger partial charge in [-0.25, -0.2) is 0 Å². The van der Waals surface area contributed by atoms with Crippen LogP contribution in [0.5, 0.6) is 0 Å². The molecule has 1 N–H and O–H groups in total. The zero-order valence-corrected chi connectivity index (χ0v) is 19.1. The first kappa shape index (κ1) is 22.5. The highest BCUT2D eigenvalue weighted by atomic mass is 16.2. The molecule has 1 atom stereocenters. The molecule has 6 nitrogen and oxygen atoms in total. The lowest BCUT2D eigenvalue weighted by molar-refractivity contribution is -0.132. The summed E-state index contributed by atoms with van der Waals surface area (Å²) in [5.74, 6) is -0.553. The Morgan fingerprint density at radius 3 is 2.61 bits per heavy atom. The van der Waals surface area contributed by atoms with Gasteiger partial charge in [0.05, 0.1) is 6.04 Å². The van der Waals surface area contributed by atoms with Crippen molar-refractivity contribution in [1.82, 2.24) is 14.8 Å². The summed E-state index contributed by atoms with van der Waals surface area (Å²) in [4.78, 5) is 40.6. The van der Waals surface area contributed by atoms with Crippen LogP contribution in [0.25, 0.3) is 0 Å². The first-order valence-electron chi connectivity index (χ1n) is 11.3. The van der Waals surface area contributed by atoms with Crippen LogP contribution in [0.2, 0.25) is 0 Å². The van der Waals surface area contributed by atoms with Crippen LogP contribution in [-0.2, 0) is 17.9 Å². The van der Waals surface area contributed by atoms with Gasteiger partial charge in [-0.3, -0.25) is 14.4 Å². The number of aryl methyl sites for hydroxylation is 2. The lowest BCUT2D eigenvalue weighted by atomic mass is 9.97. The average Bonchev–Trinajstić information content (AvgIpc) is 3.31. The number of nitrogens with zero attached hydrogens (tertiary/aromatic N) is 2. The van der Waals surface area contributed by atoms with Crippen LogP contribution in [-0.4, -0.2) is 27.8 Å². The maximum atomic E-state index is 13.2. The SMILES string of the molecule is Cc1ccc(C)c([C@H]2CCCN2C(=O)Cn2cccc(C(=O)NCc3ccccc3)c2=O)c1. The predicted molar refractivity (Wildman–Crippen MR) is 128 cm³/mol. The number of likely N-dealkylation sites (tertiary alicyclic amines) is 1. The summed E-state index contributed by atoms with van der Waals surface area (Å²) in [6, 6.07) is 19.0. The van der Waals surface area contributed by atoms with Crippen molar-refractivity contribution in [1.29, 1.82) is 0 Å². The maximum Gasteiger partial charge on any atom is 0.263 e. The molecular formula is C27H29N3O3. The van der Waals surface area contributed by atoms with Crippen LogP contribution in [0.4, 0.5) is 0 Å².